The number of nitrogens with zero attached hydrogens (tertiary/aromatic N) is 2. The van der Waals surface area contributed by atoms with Crippen LogP contribution in [0.4, 0.5) is 11.6 Å². The summed E-state index contributed by atoms with van der Waals surface area (Å²) in [5, 5.41) is 2.68. The lowest BCUT2D eigenvalue weighted by atomic mass is 10.1. The van der Waals surface area contributed by atoms with E-state index >= 15 is 0 Å². The fourth-order valence-corrected chi connectivity index (χ4v) is 3.89. The number of benzene rings is 1. The standard InChI is InChI=1S/C20H21N5O5S/c1-4-30-19(27)16-12(2)17(23-13(16)3)18(26)24-14-6-8-15(9-7-14)31(28,29)25-20-21-10-5-11-22-20/h5-11,23H,4H2,1-3H3,(H,24,26)(H,21,22,25). The van der Waals surface area contributed by atoms with Crippen LogP contribution in [0.1, 0.15) is 39.0 Å². The van der Waals surface area contributed by atoms with E-state index in [-0.39, 0.29) is 23.1 Å². The Labute approximate surface area is 179 Å². The lowest BCUT2D eigenvalue weighted by Gasteiger charge is -2.08. The number of rotatable bonds is 7. The minimum atomic E-state index is -3.88. The number of carbonyl (C=O) groups excluding carboxylic acids is 2. The van der Waals surface area contributed by atoms with Crippen molar-refractivity contribution in [2.24, 2.45) is 0 Å². The summed E-state index contributed by atoms with van der Waals surface area (Å²) >= 11 is 0. The SMILES string of the molecule is CCOC(=O)c1c(C)[nH]c(C(=O)Nc2ccc(S(=O)(=O)Nc3ncccn3)cc2)c1C. The molecule has 0 aliphatic carbocycles. The lowest BCUT2D eigenvalue weighted by Crippen LogP contribution is -2.16. The molecule has 3 N–H and O–H groups in total. The Kier molecular flexibility index (Phi) is 6.35. The number of carbonyl (C=O) groups is 2. The maximum atomic E-state index is 12.7. The first-order valence-corrected chi connectivity index (χ1v) is 10.8. The molecule has 0 atom stereocenters. The topological polar surface area (TPSA) is 143 Å². The van der Waals surface area contributed by atoms with E-state index in [1.165, 1.54) is 36.7 Å². The highest BCUT2D eigenvalue weighted by atomic mass is 32.2. The van der Waals surface area contributed by atoms with Crippen molar-refractivity contribution in [2.75, 3.05) is 16.6 Å². The van der Waals surface area contributed by atoms with Crippen molar-refractivity contribution in [3.05, 3.63) is 65.2 Å². The number of nitrogens with one attached hydrogen (secondary N) is 3. The summed E-state index contributed by atoms with van der Waals surface area (Å²) in [6.07, 6.45) is 2.84. The number of esters is 1. The van der Waals surface area contributed by atoms with E-state index in [2.05, 4.69) is 25.0 Å². The van der Waals surface area contributed by atoms with Gasteiger partial charge in [-0.2, -0.15) is 0 Å². The second kappa shape index (κ2) is 8.96. The van der Waals surface area contributed by atoms with E-state index in [0.29, 0.717) is 22.5 Å². The normalized spacial score (nSPS) is 11.1. The maximum Gasteiger partial charge on any atom is 0.340 e. The summed E-state index contributed by atoms with van der Waals surface area (Å²) in [4.78, 5) is 35.3. The third-order valence-corrected chi connectivity index (χ3v) is 5.70. The van der Waals surface area contributed by atoms with Crippen LogP contribution in [0.5, 0.6) is 0 Å². The van der Waals surface area contributed by atoms with Gasteiger partial charge in [0.15, 0.2) is 0 Å². The van der Waals surface area contributed by atoms with Gasteiger partial charge in [-0.3, -0.25) is 4.79 Å². The van der Waals surface area contributed by atoms with Gasteiger partial charge >= 0.3 is 5.97 Å². The zero-order valence-corrected chi connectivity index (χ0v) is 17.9. The molecule has 3 aromatic rings. The molecule has 0 saturated heterocycles. The molecular weight excluding hydrogens is 422 g/mol. The van der Waals surface area contributed by atoms with Crippen molar-refractivity contribution in [3.63, 3.8) is 0 Å². The number of ether oxygens (including phenoxy) is 1. The Bertz CT molecular complexity index is 1200. The smallest absolute Gasteiger partial charge is 0.340 e. The minimum absolute atomic E-state index is 0.0190. The number of H-pyrrole nitrogens is 1. The van der Waals surface area contributed by atoms with Crippen molar-refractivity contribution in [1.82, 2.24) is 15.0 Å². The predicted octanol–water partition coefficient (Wildman–Crippen LogP) is 2.65. The van der Waals surface area contributed by atoms with E-state index in [1.807, 2.05) is 0 Å². The summed E-state index contributed by atoms with van der Waals surface area (Å²) in [5.41, 5.74) is 1.92. The summed E-state index contributed by atoms with van der Waals surface area (Å²) in [7, 11) is -3.88. The van der Waals surface area contributed by atoms with Gasteiger partial charge in [0.05, 0.1) is 17.1 Å². The van der Waals surface area contributed by atoms with Crippen molar-refractivity contribution >= 4 is 33.5 Å². The second-order valence-corrected chi connectivity index (χ2v) is 8.18. The Morgan fingerprint density at radius 1 is 1.10 bits per heavy atom. The lowest BCUT2D eigenvalue weighted by molar-refractivity contribution is 0.0525. The van der Waals surface area contributed by atoms with Crippen LogP contribution in [0.2, 0.25) is 0 Å². The molecule has 0 unspecified atom stereocenters. The average Bonchev–Trinajstić information content (AvgIpc) is 3.03. The molecule has 0 aliphatic heterocycles. The summed E-state index contributed by atoms with van der Waals surface area (Å²) in [6, 6.07) is 7.17. The van der Waals surface area contributed by atoms with Crippen LogP contribution < -0.4 is 10.0 Å². The van der Waals surface area contributed by atoms with E-state index in [4.69, 9.17) is 4.74 Å². The van der Waals surface area contributed by atoms with Crippen LogP contribution in [0.15, 0.2) is 47.6 Å². The van der Waals surface area contributed by atoms with Crippen LogP contribution in [0, 0.1) is 13.8 Å². The second-order valence-electron chi connectivity index (χ2n) is 6.50. The summed E-state index contributed by atoms with van der Waals surface area (Å²) in [5.74, 6) is -1.02. The summed E-state index contributed by atoms with van der Waals surface area (Å²) < 4.78 is 32.2. The maximum absolute atomic E-state index is 12.7. The minimum Gasteiger partial charge on any atom is -0.462 e. The zero-order valence-electron chi connectivity index (χ0n) is 17.1. The monoisotopic (exact) mass is 443 g/mol. The van der Waals surface area contributed by atoms with Crippen LogP contribution >= 0.6 is 0 Å². The molecule has 0 radical (unpaired) electrons. The molecule has 1 amide bonds. The number of sulfonamides is 1. The number of amides is 1. The van der Waals surface area contributed by atoms with Crippen LogP contribution in [-0.4, -0.2) is 41.9 Å². The molecular formula is C20H21N5O5S. The molecule has 10 nitrogen and oxygen atoms in total. The van der Waals surface area contributed by atoms with Gasteiger partial charge in [-0.05, 0) is 56.7 Å². The van der Waals surface area contributed by atoms with Gasteiger partial charge in [0, 0.05) is 23.8 Å². The molecule has 0 fully saturated rings. The summed E-state index contributed by atoms with van der Waals surface area (Å²) in [6.45, 7) is 5.26. The highest BCUT2D eigenvalue weighted by Gasteiger charge is 2.23. The molecule has 3 rings (SSSR count). The molecule has 162 valence electrons. The Morgan fingerprint density at radius 2 is 1.74 bits per heavy atom. The number of hydrogen-bond donors (Lipinski definition) is 3. The van der Waals surface area contributed by atoms with Gasteiger partial charge in [0.25, 0.3) is 15.9 Å². The fourth-order valence-electron chi connectivity index (χ4n) is 2.93. The average molecular weight is 443 g/mol. The third kappa shape index (κ3) is 4.89. The number of anilines is 2. The largest absolute Gasteiger partial charge is 0.462 e. The number of aromatic amines is 1. The van der Waals surface area contributed by atoms with E-state index in [0.717, 1.165) is 0 Å². The number of aryl methyl sites for hydroxylation is 1. The molecule has 0 bridgehead atoms. The number of aromatic nitrogens is 3. The molecule has 0 saturated carbocycles. The van der Waals surface area contributed by atoms with Crippen LogP contribution in [0.25, 0.3) is 0 Å². The third-order valence-electron chi connectivity index (χ3n) is 4.36. The van der Waals surface area contributed by atoms with E-state index < -0.39 is 21.9 Å². The molecule has 0 aliphatic rings. The van der Waals surface area contributed by atoms with Gasteiger partial charge in [-0.15, -0.1) is 0 Å². The van der Waals surface area contributed by atoms with Gasteiger partial charge in [0.2, 0.25) is 5.95 Å². The highest BCUT2D eigenvalue weighted by Crippen LogP contribution is 2.21. The predicted molar refractivity (Wildman–Crippen MR) is 113 cm³/mol. The number of hydrogen-bond acceptors (Lipinski definition) is 7. The van der Waals surface area contributed by atoms with Crippen molar-refractivity contribution in [3.8, 4) is 0 Å². The van der Waals surface area contributed by atoms with Crippen molar-refractivity contribution < 1.29 is 22.7 Å². The first kappa shape index (κ1) is 22.0. The molecule has 2 aromatic heterocycles. The molecule has 1 aromatic carbocycles. The zero-order chi connectivity index (χ0) is 22.6. The Morgan fingerprint density at radius 3 is 2.35 bits per heavy atom. The van der Waals surface area contributed by atoms with Crippen molar-refractivity contribution in [1.29, 1.82) is 0 Å². The van der Waals surface area contributed by atoms with Gasteiger partial charge in [-0.1, -0.05) is 0 Å². The molecule has 11 heteroatoms. The van der Waals surface area contributed by atoms with E-state index in [1.54, 1.807) is 26.8 Å². The quantitative estimate of drug-likeness (QED) is 0.476. The van der Waals surface area contributed by atoms with Crippen LogP contribution in [-0.2, 0) is 14.8 Å². The van der Waals surface area contributed by atoms with Crippen molar-refractivity contribution in [2.45, 2.75) is 25.7 Å². The Hall–Kier alpha value is -3.73. The van der Waals surface area contributed by atoms with Crippen LogP contribution in [0.3, 0.4) is 0 Å². The first-order valence-electron chi connectivity index (χ1n) is 9.30. The first-order chi connectivity index (χ1) is 14.7. The fraction of sp³-hybridized carbons (Fsp3) is 0.200. The molecule has 2 heterocycles. The molecule has 0 spiro atoms. The molecule has 31 heavy (non-hydrogen) atoms. The van der Waals surface area contributed by atoms with Gasteiger partial charge < -0.3 is 15.0 Å². The highest BCUT2D eigenvalue weighted by molar-refractivity contribution is 7.92. The Balaban J connectivity index is 1.75. The van der Waals surface area contributed by atoms with E-state index in [9.17, 15) is 18.0 Å². The van der Waals surface area contributed by atoms with Gasteiger partial charge in [0.1, 0.15) is 5.69 Å². The van der Waals surface area contributed by atoms with Gasteiger partial charge in [-0.25, -0.2) is 27.9 Å².